The van der Waals surface area contributed by atoms with Crippen LogP contribution in [-0.2, 0) is 0 Å². The van der Waals surface area contributed by atoms with Crippen molar-refractivity contribution in [1.29, 1.82) is 0 Å². The van der Waals surface area contributed by atoms with Gasteiger partial charge in [-0.05, 0) is 37.7 Å². The zero-order valence-electron chi connectivity index (χ0n) is 20.3. The predicted molar refractivity (Wildman–Crippen MR) is 153 cm³/mol. The number of rotatable bonds is 21. The van der Waals surface area contributed by atoms with E-state index in [1.54, 1.807) is 18.5 Å². The Morgan fingerprint density at radius 3 is 0.857 bits per heavy atom. The average Bonchev–Trinajstić information content (AvgIpc) is 2.70. The Hall–Kier alpha value is 1.59. The van der Waals surface area contributed by atoms with Gasteiger partial charge in [0.2, 0.25) is 0 Å². The average molecular weight is 547 g/mol. The molecule has 0 aliphatic carbocycles. The minimum absolute atomic E-state index is 0. The molecule has 0 heterocycles. The van der Waals surface area contributed by atoms with Crippen molar-refractivity contribution in [1.82, 2.24) is 0 Å². The van der Waals surface area contributed by atoms with Gasteiger partial charge >= 0.3 is 0 Å². The highest BCUT2D eigenvalue weighted by atomic mass is 127. The van der Waals surface area contributed by atoms with Gasteiger partial charge in [-0.3, -0.25) is 0 Å². The minimum Gasteiger partial charge on any atom is -0.141 e. The van der Waals surface area contributed by atoms with Crippen LogP contribution in [0.15, 0.2) is 0 Å². The molecule has 0 fully saturated rings. The number of unbranched alkanes of at least 4 members (excludes halogenated alkanes) is 15. The lowest BCUT2D eigenvalue weighted by atomic mass is 10.1. The van der Waals surface area contributed by atoms with E-state index in [-0.39, 0.29) is 24.0 Å². The first-order valence-corrected chi connectivity index (χ1v) is 15.7. The fourth-order valence-corrected chi connectivity index (χ4v) is 6.37. The molecule has 0 rings (SSSR count). The smallest absolute Gasteiger partial charge is 0.0326 e. The largest absolute Gasteiger partial charge is 0.141 e. The van der Waals surface area contributed by atoms with Crippen molar-refractivity contribution in [3.05, 3.63) is 0 Å². The Labute approximate surface area is 201 Å². The van der Waals surface area contributed by atoms with Crippen LogP contribution < -0.4 is 0 Å². The second-order valence-electron chi connectivity index (χ2n) is 8.14. The summed E-state index contributed by atoms with van der Waals surface area (Å²) in [5.41, 5.74) is 0. The molecule has 0 radical (unpaired) electrons. The van der Waals surface area contributed by atoms with Gasteiger partial charge in [0.15, 0.2) is 0 Å². The maximum Gasteiger partial charge on any atom is -0.0326 e. The normalized spacial score (nSPS) is 10.5. The fraction of sp³-hybridized carbons (Fsp3) is 1.00. The number of halogens is 1. The summed E-state index contributed by atoms with van der Waals surface area (Å²) >= 11 is 0. The van der Waals surface area contributed by atoms with Gasteiger partial charge in [0, 0.05) is 0 Å². The Balaban J connectivity index is -0.00000201. The molecule has 0 nitrogen and oxygen atoms in total. The van der Waals surface area contributed by atoms with E-state index in [0.29, 0.717) is 7.92 Å². The highest BCUT2D eigenvalue weighted by Gasteiger charge is 2.07. The Morgan fingerprint density at radius 2 is 0.607 bits per heavy atom. The summed E-state index contributed by atoms with van der Waals surface area (Å²) in [6, 6.07) is 0. The van der Waals surface area contributed by atoms with E-state index in [1.807, 2.05) is 6.66 Å². The lowest BCUT2D eigenvalue weighted by Gasteiger charge is -2.18. The highest BCUT2D eigenvalue weighted by molar-refractivity contribution is 14.0. The number of hydrogen-bond acceptors (Lipinski definition) is 0. The van der Waals surface area contributed by atoms with E-state index in [2.05, 4.69) is 30.0 Å². The summed E-state index contributed by atoms with van der Waals surface area (Å²) in [6.07, 6.45) is 31.2. The van der Waals surface area contributed by atoms with E-state index in [4.69, 9.17) is 0 Å². The van der Waals surface area contributed by atoms with Gasteiger partial charge in [0.05, 0.1) is 0 Å². The molecule has 1 unspecified atom stereocenters. The SMILES string of the molecule is CCCCCCCCP(CCCCCCCC)CCCCCCCC.CP.I. The molecule has 0 saturated heterocycles. The van der Waals surface area contributed by atoms with Crippen LogP contribution in [0.25, 0.3) is 0 Å². The van der Waals surface area contributed by atoms with Gasteiger partial charge in [-0.1, -0.05) is 124 Å². The summed E-state index contributed by atoms with van der Waals surface area (Å²) < 4.78 is 0. The molecule has 0 aromatic rings. The Kier molecular flexibility index (Phi) is 40.6. The summed E-state index contributed by atoms with van der Waals surface area (Å²) in [4.78, 5) is 0. The minimum atomic E-state index is 0. The van der Waals surface area contributed by atoms with Gasteiger partial charge in [-0.2, -0.15) is 0 Å². The lowest BCUT2D eigenvalue weighted by molar-refractivity contribution is 0.617. The fourth-order valence-electron chi connectivity index (χ4n) is 3.68. The standard InChI is InChI=1S/C24H51P.CH5P.HI/c1-4-7-10-13-16-19-22-25(23-20-17-14-11-8-5-2)24-21-18-15-12-9-6-3;1-2;/h4-24H2,1-3H3;2H2,1H3;1H. The van der Waals surface area contributed by atoms with Crippen LogP contribution in [0.2, 0.25) is 0 Å². The van der Waals surface area contributed by atoms with Crippen LogP contribution in [0.1, 0.15) is 136 Å². The summed E-state index contributed by atoms with van der Waals surface area (Å²) in [5.74, 6) is 0. The van der Waals surface area contributed by atoms with Gasteiger partial charge in [0.1, 0.15) is 0 Å². The van der Waals surface area contributed by atoms with Crippen LogP contribution >= 0.6 is 41.1 Å². The van der Waals surface area contributed by atoms with Crippen molar-refractivity contribution in [2.45, 2.75) is 136 Å². The zero-order valence-corrected chi connectivity index (χ0v) is 24.7. The lowest BCUT2D eigenvalue weighted by Crippen LogP contribution is -1.97. The van der Waals surface area contributed by atoms with E-state index in [9.17, 15) is 0 Å². The van der Waals surface area contributed by atoms with Crippen LogP contribution in [0.5, 0.6) is 0 Å². The van der Waals surface area contributed by atoms with Gasteiger partial charge in [-0.15, -0.1) is 41.1 Å². The first-order valence-electron chi connectivity index (χ1n) is 12.6. The third-order valence-electron chi connectivity index (χ3n) is 5.48. The number of hydrogen-bond donors (Lipinski definition) is 0. The molecule has 0 aliphatic rings. The second kappa shape index (κ2) is 33.2. The quantitative estimate of drug-likeness (QED) is 0.0763. The van der Waals surface area contributed by atoms with Crippen molar-refractivity contribution in [2.24, 2.45) is 0 Å². The van der Waals surface area contributed by atoms with Crippen LogP contribution in [0.4, 0.5) is 0 Å². The van der Waals surface area contributed by atoms with E-state index in [0.717, 1.165) is 0 Å². The first-order chi connectivity index (χ1) is 13.3. The molecule has 3 heteroatoms. The van der Waals surface area contributed by atoms with E-state index >= 15 is 0 Å². The molecule has 0 bridgehead atoms. The molecule has 1 atom stereocenters. The van der Waals surface area contributed by atoms with Crippen molar-refractivity contribution in [3.63, 3.8) is 0 Å². The summed E-state index contributed by atoms with van der Waals surface area (Å²) in [6.45, 7) is 8.88. The first kappa shape index (κ1) is 34.2. The van der Waals surface area contributed by atoms with E-state index in [1.165, 1.54) is 116 Å². The Morgan fingerprint density at radius 1 is 0.393 bits per heavy atom. The topological polar surface area (TPSA) is 0 Å². The van der Waals surface area contributed by atoms with Crippen molar-refractivity contribution in [2.75, 3.05) is 25.2 Å². The molecule has 174 valence electrons. The van der Waals surface area contributed by atoms with Gasteiger partial charge < -0.3 is 0 Å². The van der Waals surface area contributed by atoms with Crippen LogP contribution in [-0.4, -0.2) is 25.2 Å². The summed E-state index contributed by atoms with van der Waals surface area (Å²) in [7, 11) is 2.78. The third-order valence-corrected chi connectivity index (χ3v) is 8.33. The molecule has 0 N–H and O–H groups in total. The third kappa shape index (κ3) is 29.8. The maximum absolute atomic E-state index is 2.42. The second-order valence-corrected chi connectivity index (χ2v) is 10.8. The monoisotopic (exact) mass is 546 g/mol. The molecule has 0 spiro atoms. The Bertz CT molecular complexity index is 199. The van der Waals surface area contributed by atoms with Crippen LogP contribution in [0.3, 0.4) is 0 Å². The molecule has 0 aromatic heterocycles. The van der Waals surface area contributed by atoms with Gasteiger partial charge in [0.25, 0.3) is 0 Å². The molecular formula is C25H57IP2. The maximum atomic E-state index is 2.42. The van der Waals surface area contributed by atoms with E-state index < -0.39 is 0 Å². The van der Waals surface area contributed by atoms with Crippen molar-refractivity contribution in [3.8, 4) is 0 Å². The highest BCUT2D eigenvalue weighted by Crippen LogP contribution is 2.39. The summed E-state index contributed by atoms with van der Waals surface area (Å²) in [5, 5.41) is 0. The van der Waals surface area contributed by atoms with Crippen molar-refractivity contribution < 1.29 is 0 Å². The molecular weight excluding hydrogens is 489 g/mol. The molecule has 0 aromatic carbocycles. The molecule has 0 saturated carbocycles. The molecule has 0 amide bonds. The molecule has 0 aliphatic heterocycles. The van der Waals surface area contributed by atoms with Crippen LogP contribution in [0, 0.1) is 0 Å². The van der Waals surface area contributed by atoms with Crippen molar-refractivity contribution >= 4 is 41.1 Å². The zero-order chi connectivity index (χ0) is 20.4. The molecule has 28 heavy (non-hydrogen) atoms. The van der Waals surface area contributed by atoms with Gasteiger partial charge in [-0.25, -0.2) is 0 Å². The predicted octanol–water partition coefficient (Wildman–Crippen LogP) is 10.7.